The molecule has 2 heterocycles. The van der Waals surface area contributed by atoms with E-state index in [1.807, 2.05) is 48.5 Å². The van der Waals surface area contributed by atoms with Crippen LogP contribution in [-0.4, -0.2) is 16.7 Å². The lowest BCUT2D eigenvalue weighted by Gasteiger charge is -2.02. The van der Waals surface area contributed by atoms with Crippen molar-refractivity contribution in [1.82, 2.24) is 5.16 Å². The normalized spacial score (nSPS) is 11.1. The number of carbonyl (C=O) groups excluding carboxylic acids is 2. The maximum absolute atomic E-state index is 13.0. The summed E-state index contributed by atoms with van der Waals surface area (Å²) in [6.07, 6.45) is 1.18. The zero-order chi connectivity index (χ0) is 19.1. The molecule has 0 radical (unpaired) electrons. The van der Waals surface area contributed by atoms with Crippen LogP contribution in [-0.2, 0) is 0 Å². The molecule has 0 amide bonds. The van der Waals surface area contributed by atoms with E-state index in [2.05, 4.69) is 5.16 Å². The molecule has 5 nitrogen and oxygen atoms in total. The van der Waals surface area contributed by atoms with Gasteiger partial charge in [-0.2, -0.15) is 0 Å². The number of para-hydroxylation sites is 1. The first-order valence-corrected chi connectivity index (χ1v) is 8.72. The highest BCUT2D eigenvalue weighted by Crippen LogP contribution is 2.24. The third kappa shape index (κ3) is 2.61. The van der Waals surface area contributed by atoms with E-state index in [0.717, 1.165) is 16.2 Å². The van der Waals surface area contributed by atoms with E-state index in [-0.39, 0.29) is 22.8 Å². The van der Waals surface area contributed by atoms with E-state index in [9.17, 15) is 9.59 Å². The lowest BCUT2D eigenvalue weighted by Crippen LogP contribution is -2.09. The van der Waals surface area contributed by atoms with Crippen LogP contribution in [0.25, 0.3) is 21.7 Å². The highest BCUT2D eigenvalue weighted by molar-refractivity contribution is 6.18. The van der Waals surface area contributed by atoms with Crippen molar-refractivity contribution < 1.29 is 18.5 Å². The minimum Gasteiger partial charge on any atom is -0.453 e. The molecule has 5 aromatic rings. The molecule has 0 fully saturated rings. The molecule has 134 valence electrons. The molecule has 0 aliphatic heterocycles. The average molecular weight is 367 g/mol. The van der Waals surface area contributed by atoms with Crippen LogP contribution in [0.3, 0.4) is 0 Å². The van der Waals surface area contributed by atoms with E-state index in [1.165, 1.54) is 6.26 Å². The van der Waals surface area contributed by atoms with E-state index in [4.69, 9.17) is 8.94 Å². The summed E-state index contributed by atoms with van der Waals surface area (Å²) in [4.78, 5) is 25.9. The van der Waals surface area contributed by atoms with Crippen LogP contribution in [0.15, 0.2) is 88.0 Å². The van der Waals surface area contributed by atoms with Gasteiger partial charge in [0.05, 0.1) is 5.56 Å². The minimum absolute atomic E-state index is 0.0271. The van der Waals surface area contributed by atoms with Crippen LogP contribution in [0, 0.1) is 0 Å². The van der Waals surface area contributed by atoms with E-state index in [0.29, 0.717) is 11.1 Å². The molecule has 3 aromatic carbocycles. The standard InChI is InChI=1S/C23H13NO4/c25-22(17-10-9-14-5-1-2-6-15(14)11-17)21-18(13-27-24-21)23(26)20-12-16-7-3-4-8-19(16)28-20/h1-13H. The van der Waals surface area contributed by atoms with Gasteiger partial charge in [-0.15, -0.1) is 0 Å². The molecule has 0 saturated heterocycles. The molecule has 28 heavy (non-hydrogen) atoms. The Bertz CT molecular complexity index is 1330. The van der Waals surface area contributed by atoms with Crippen LogP contribution in [0.1, 0.15) is 32.2 Å². The summed E-state index contributed by atoms with van der Waals surface area (Å²) >= 11 is 0. The SMILES string of the molecule is O=C(c1cc2ccccc2o1)c1conc1C(=O)c1ccc2ccccc2c1. The Balaban J connectivity index is 1.54. The summed E-state index contributed by atoms with van der Waals surface area (Å²) in [5, 5.41) is 6.55. The number of aromatic nitrogens is 1. The predicted molar refractivity (Wildman–Crippen MR) is 104 cm³/mol. The largest absolute Gasteiger partial charge is 0.453 e. The second kappa shape index (κ2) is 6.32. The highest BCUT2D eigenvalue weighted by atomic mass is 16.5. The molecule has 0 aliphatic rings. The number of carbonyl (C=O) groups is 2. The van der Waals surface area contributed by atoms with E-state index >= 15 is 0 Å². The first-order valence-electron chi connectivity index (χ1n) is 8.72. The number of fused-ring (bicyclic) bond motifs is 2. The first kappa shape index (κ1) is 16.2. The molecule has 0 bridgehead atoms. The van der Waals surface area contributed by atoms with Gasteiger partial charge in [0, 0.05) is 10.9 Å². The molecule has 2 aromatic heterocycles. The maximum atomic E-state index is 13.0. The molecule has 0 spiro atoms. The van der Waals surface area contributed by atoms with Crippen LogP contribution in [0.5, 0.6) is 0 Å². The summed E-state index contributed by atoms with van der Waals surface area (Å²) < 4.78 is 10.6. The molecular formula is C23H13NO4. The molecule has 5 heteroatoms. The first-order chi connectivity index (χ1) is 13.7. The van der Waals surface area contributed by atoms with Gasteiger partial charge in [-0.05, 0) is 29.0 Å². The summed E-state index contributed by atoms with van der Waals surface area (Å²) in [5.41, 5.74) is 1.09. The third-order valence-electron chi connectivity index (χ3n) is 4.69. The van der Waals surface area contributed by atoms with Gasteiger partial charge in [0.2, 0.25) is 11.6 Å². The van der Waals surface area contributed by atoms with Crippen molar-refractivity contribution in [3.63, 3.8) is 0 Å². The number of hydrogen-bond acceptors (Lipinski definition) is 5. The van der Waals surface area contributed by atoms with Crippen LogP contribution < -0.4 is 0 Å². The van der Waals surface area contributed by atoms with Crippen molar-refractivity contribution >= 4 is 33.3 Å². The number of furan rings is 1. The summed E-state index contributed by atoms with van der Waals surface area (Å²) in [6.45, 7) is 0. The van der Waals surface area contributed by atoms with Gasteiger partial charge in [0.1, 0.15) is 11.8 Å². The minimum atomic E-state index is -0.443. The van der Waals surface area contributed by atoms with Crippen molar-refractivity contribution in [2.24, 2.45) is 0 Å². The Morgan fingerprint density at radius 1 is 0.750 bits per heavy atom. The molecule has 5 rings (SSSR count). The van der Waals surface area contributed by atoms with Crippen LogP contribution in [0.2, 0.25) is 0 Å². The molecule has 0 unspecified atom stereocenters. The summed E-state index contributed by atoms with van der Waals surface area (Å²) in [7, 11) is 0. The fourth-order valence-corrected chi connectivity index (χ4v) is 3.26. The van der Waals surface area contributed by atoms with Crippen LogP contribution >= 0.6 is 0 Å². The van der Waals surface area contributed by atoms with Crippen molar-refractivity contribution in [3.05, 3.63) is 102 Å². The number of benzene rings is 3. The zero-order valence-corrected chi connectivity index (χ0v) is 14.6. The second-order valence-electron chi connectivity index (χ2n) is 6.45. The molecule has 0 aliphatic carbocycles. The highest BCUT2D eigenvalue weighted by Gasteiger charge is 2.26. The monoisotopic (exact) mass is 367 g/mol. The van der Waals surface area contributed by atoms with Crippen molar-refractivity contribution in [3.8, 4) is 0 Å². The number of hydrogen-bond donors (Lipinski definition) is 0. The smallest absolute Gasteiger partial charge is 0.233 e. The quantitative estimate of drug-likeness (QED) is 0.416. The van der Waals surface area contributed by atoms with Crippen molar-refractivity contribution in [1.29, 1.82) is 0 Å². The van der Waals surface area contributed by atoms with Gasteiger partial charge in [-0.25, -0.2) is 0 Å². The second-order valence-corrected chi connectivity index (χ2v) is 6.45. The Morgan fingerprint density at radius 2 is 1.50 bits per heavy atom. The van der Waals surface area contributed by atoms with E-state index < -0.39 is 5.78 Å². The van der Waals surface area contributed by atoms with Gasteiger partial charge in [-0.1, -0.05) is 59.8 Å². The van der Waals surface area contributed by atoms with Gasteiger partial charge < -0.3 is 8.94 Å². The Kier molecular flexibility index (Phi) is 3.66. The van der Waals surface area contributed by atoms with Gasteiger partial charge in [0.15, 0.2) is 11.5 Å². The van der Waals surface area contributed by atoms with Crippen LogP contribution in [0.4, 0.5) is 0 Å². The molecule has 0 atom stereocenters. The van der Waals surface area contributed by atoms with Crippen molar-refractivity contribution in [2.75, 3.05) is 0 Å². The van der Waals surface area contributed by atoms with Crippen molar-refractivity contribution in [2.45, 2.75) is 0 Å². The average Bonchev–Trinajstić information content (AvgIpc) is 3.39. The maximum Gasteiger partial charge on any atom is 0.233 e. The number of ketones is 2. The molecule has 0 N–H and O–H groups in total. The van der Waals surface area contributed by atoms with Gasteiger partial charge in [-0.3, -0.25) is 9.59 Å². The summed E-state index contributed by atoms with van der Waals surface area (Å²) in [6, 6.07) is 22.1. The molecular weight excluding hydrogens is 354 g/mol. The van der Waals surface area contributed by atoms with Gasteiger partial charge in [0.25, 0.3) is 0 Å². The lowest BCUT2D eigenvalue weighted by molar-refractivity contribution is 0.0988. The predicted octanol–water partition coefficient (Wildman–Crippen LogP) is 5.04. The summed E-state index contributed by atoms with van der Waals surface area (Å²) in [5.74, 6) is -0.683. The van der Waals surface area contributed by atoms with E-state index in [1.54, 1.807) is 24.3 Å². The number of nitrogens with zero attached hydrogens (tertiary/aromatic N) is 1. The zero-order valence-electron chi connectivity index (χ0n) is 14.6. The fourth-order valence-electron chi connectivity index (χ4n) is 3.26. The fraction of sp³-hybridized carbons (Fsp3) is 0. The number of rotatable bonds is 4. The topological polar surface area (TPSA) is 73.3 Å². The Hall–Kier alpha value is -3.99. The lowest BCUT2D eigenvalue weighted by atomic mass is 9.99. The Morgan fingerprint density at radius 3 is 2.32 bits per heavy atom. The Labute approximate surface area is 159 Å². The van der Waals surface area contributed by atoms with Gasteiger partial charge >= 0.3 is 0 Å². The third-order valence-corrected chi connectivity index (χ3v) is 4.69. The molecule has 0 saturated carbocycles.